The van der Waals surface area contributed by atoms with E-state index < -0.39 is 0 Å². The van der Waals surface area contributed by atoms with E-state index in [9.17, 15) is 9.59 Å². The molecule has 2 aliphatic rings. The Hall–Kier alpha value is -1.76. The lowest BCUT2D eigenvalue weighted by Crippen LogP contribution is -2.36. The number of amides is 2. The number of carbonyl (C=O) groups is 2. The number of nitrogens with zero attached hydrogens (tertiary/aromatic N) is 2. The summed E-state index contributed by atoms with van der Waals surface area (Å²) in [4.78, 5) is 29.6. The fourth-order valence-electron chi connectivity index (χ4n) is 2.62. The van der Waals surface area contributed by atoms with Gasteiger partial charge in [-0.05, 0) is 18.2 Å². The third-order valence-corrected chi connectivity index (χ3v) is 4.98. The van der Waals surface area contributed by atoms with Crippen molar-refractivity contribution >= 4 is 23.6 Å². The minimum atomic E-state index is -0.193. The maximum absolute atomic E-state index is 12.3. The fraction of sp³-hybridized carbons (Fsp3) is 0.533. The van der Waals surface area contributed by atoms with Crippen molar-refractivity contribution in [1.82, 2.24) is 15.2 Å². The number of carbonyl (C=O) groups excluding carboxylic acids is 2. The van der Waals surface area contributed by atoms with Gasteiger partial charge < -0.3 is 15.0 Å². The van der Waals surface area contributed by atoms with Gasteiger partial charge >= 0.3 is 0 Å². The molecule has 2 atom stereocenters. The SMILES string of the molecule is CN1CC(NC(=O)c2ccnc(OC3CCSC3)c2)CC1=O. The van der Waals surface area contributed by atoms with Crippen LogP contribution in [0.1, 0.15) is 23.2 Å². The Bertz CT molecular complexity index is 575. The van der Waals surface area contributed by atoms with Crippen LogP contribution in [0, 0.1) is 0 Å². The van der Waals surface area contributed by atoms with Crippen molar-refractivity contribution in [2.24, 2.45) is 0 Å². The second-order valence-electron chi connectivity index (χ2n) is 5.63. The van der Waals surface area contributed by atoms with Crippen LogP contribution in [0.15, 0.2) is 18.3 Å². The predicted octanol–water partition coefficient (Wildman–Crippen LogP) is 0.926. The number of nitrogens with one attached hydrogen (secondary N) is 1. The van der Waals surface area contributed by atoms with Gasteiger partial charge in [0.05, 0.1) is 6.04 Å². The summed E-state index contributed by atoms with van der Waals surface area (Å²) in [7, 11) is 1.74. The van der Waals surface area contributed by atoms with Crippen molar-refractivity contribution in [2.75, 3.05) is 25.1 Å². The van der Waals surface area contributed by atoms with E-state index in [1.165, 1.54) is 0 Å². The molecule has 0 aromatic carbocycles. The van der Waals surface area contributed by atoms with Gasteiger partial charge in [0.2, 0.25) is 11.8 Å². The lowest BCUT2D eigenvalue weighted by Gasteiger charge is -2.14. The molecule has 2 amide bonds. The van der Waals surface area contributed by atoms with Crippen LogP contribution in [-0.2, 0) is 4.79 Å². The number of ether oxygens (including phenoxy) is 1. The maximum Gasteiger partial charge on any atom is 0.251 e. The van der Waals surface area contributed by atoms with Crippen molar-refractivity contribution in [3.8, 4) is 5.88 Å². The molecule has 22 heavy (non-hydrogen) atoms. The fourth-order valence-corrected chi connectivity index (χ4v) is 3.71. The molecule has 2 unspecified atom stereocenters. The highest BCUT2D eigenvalue weighted by atomic mass is 32.2. The van der Waals surface area contributed by atoms with Crippen LogP contribution < -0.4 is 10.1 Å². The van der Waals surface area contributed by atoms with E-state index in [2.05, 4.69) is 10.3 Å². The molecule has 0 bridgehead atoms. The normalized spacial score (nSPS) is 24.6. The molecule has 3 rings (SSSR count). The molecule has 118 valence electrons. The van der Waals surface area contributed by atoms with Gasteiger partial charge in [0.25, 0.3) is 5.91 Å². The van der Waals surface area contributed by atoms with Crippen LogP contribution in [-0.4, -0.2) is 58.9 Å². The molecule has 7 heteroatoms. The second-order valence-corrected chi connectivity index (χ2v) is 6.78. The highest BCUT2D eigenvalue weighted by molar-refractivity contribution is 7.99. The largest absolute Gasteiger partial charge is 0.473 e. The molecular weight excluding hydrogens is 302 g/mol. The van der Waals surface area contributed by atoms with Crippen molar-refractivity contribution < 1.29 is 14.3 Å². The number of likely N-dealkylation sites (N-methyl/N-ethyl adjacent to an activating group) is 1. The Kier molecular flexibility index (Phi) is 4.52. The third-order valence-electron chi connectivity index (χ3n) is 3.85. The van der Waals surface area contributed by atoms with Crippen LogP contribution in [0.3, 0.4) is 0 Å². The minimum absolute atomic E-state index is 0.0581. The van der Waals surface area contributed by atoms with E-state index in [4.69, 9.17) is 4.74 Å². The van der Waals surface area contributed by atoms with Gasteiger partial charge in [-0.1, -0.05) is 0 Å². The summed E-state index contributed by atoms with van der Waals surface area (Å²) < 4.78 is 5.80. The molecule has 1 aromatic heterocycles. The van der Waals surface area contributed by atoms with Crippen LogP contribution >= 0.6 is 11.8 Å². The van der Waals surface area contributed by atoms with Crippen LogP contribution in [0.5, 0.6) is 5.88 Å². The highest BCUT2D eigenvalue weighted by Crippen LogP contribution is 2.22. The molecule has 6 nitrogen and oxygen atoms in total. The Balaban J connectivity index is 1.61. The molecular formula is C15H19N3O3S. The van der Waals surface area contributed by atoms with Crippen LogP contribution in [0.4, 0.5) is 0 Å². The Labute approximate surface area is 133 Å². The first kappa shape index (κ1) is 15.1. The van der Waals surface area contributed by atoms with Gasteiger partial charge in [0.15, 0.2) is 0 Å². The summed E-state index contributed by atoms with van der Waals surface area (Å²) in [5, 5.41) is 2.89. The van der Waals surface area contributed by atoms with Gasteiger partial charge in [-0.25, -0.2) is 4.98 Å². The summed E-state index contributed by atoms with van der Waals surface area (Å²) >= 11 is 1.86. The molecule has 0 saturated carbocycles. The first-order valence-electron chi connectivity index (χ1n) is 7.37. The number of aromatic nitrogens is 1. The zero-order chi connectivity index (χ0) is 15.5. The monoisotopic (exact) mass is 321 g/mol. The number of rotatable bonds is 4. The van der Waals surface area contributed by atoms with E-state index in [1.807, 2.05) is 11.8 Å². The number of hydrogen-bond donors (Lipinski definition) is 1. The van der Waals surface area contributed by atoms with Crippen LogP contribution in [0.2, 0.25) is 0 Å². The van der Waals surface area contributed by atoms with Gasteiger partial charge in [-0.2, -0.15) is 11.8 Å². The molecule has 1 aromatic rings. The van der Waals surface area contributed by atoms with E-state index in [-0.39, 0.29) is 24.0 Å². The smallest absolute Gasteiger partial charge is 0.251 e. The Morgan fingerprint density at radius 1 is 1.55 bits per heavy atom. The molecule has 2 saturated heterocycles. The number of hydrogen-bond acceptors (Lipinski definition) is 5. The summed E-state index contributed by atoms with van der Waals surface area (Å²) in [5.74, 6) is 2.42. The van der Waals surface area contributed by atoms with Crippen molar-refractivity contribution in [3.05, 3.63) is 23.9 Å². The minimum Gasteiger partial charge on any atom is -0.473 e. The Morgan fingerprint density at radius 2 is 2.41 bits per heavy atom. The summed E-state index contributed by atoms with van der Waals surface area (Å²) in [5.41, 5.74) is 0.512. The molecule has 1 N–H and O–H groups in total. The first-order valence-corrected chi connectivity index (χ1v) is 8.52. The van der Waals surface area contributed by atoms with Gasteiger partial charge in [-0.15, -0.1) is 0 Å². The van der Waals surface area contributed by atoms with Gasteiger partial charge in [0, 0.05) is 43.6 Å². The lowest BCUT2D eigenvalue weighted by molar-refractivity contribution is -0.126. The number of thioether (sulfide) groups is 1. The average molecular weight is 321 g/mol. The quantitative estimate of drug-likeness (QED) is 0.893. The Morgan fingerprint density at radius 3 is 3.09 bits per heavy atom. The molecule has 0 spiro atoms. The van der Waals surface area contributed by atoms with Gasteiger partial charge in [0.1, 0.15) is 6.10 Å². The number of pyridine rings is 1. The maximum atomic E-state index is 12.3. The number of likely N-dealkylation sites (tertiary alicyclic amines) is 1. The highest BCUT2D eigenvalue weighted by Gasteiger charge is 2.28. The standard InChI is InChI=1S/C15H19N3O3S/c1-18-8-11(7-14(18)19)17-15(20)10-2-4-16-13(6-10)21-12-3-5-22-9-12/h2,4,6,11-12H,3,5,7-9H2,1H3,(H,17,20). The average Bonchev–Trinajstić information content (AvgIpc) is 3.10. The van der Waals surface area contributed by atoms with Crippen molar-refractivity contribution in [3.63, 3.8) is 0 Å². The molecule has 0 radical (unpaired) electrons. The second kappa shape index (κ2) is 6.56. The van der Waals surface area contributed by atoms with E-state index >= 15 is 0 Å². The predicted molar refractivity (Wildman–Crippen MR) is 84.1 cm³/mol. The topological polar surface area (TPSA) is 71.5 Å². The summed E-state index contributed by atoms with van der Waals surface area (Å²) in [6, 6.07) is 3.19. The van der Waals surface area contributed by atoms with E-state index in [0.29, 0.717) is 24.4 Å². The van der Waals surface area contributed by atoms with Crippen LogP contribution in [0.25, 0.3) is 0 Å². The zero-order valence-electron chi connectivity index (χ0n) is 12.4. The van der Waals surface area contributed by atoms with E-state index in [0.717, 1.165) is 17.9 Å². The van der Waals surface area contributed by atoms with Crippen molar-refractivity contribution in [1.29, 1.82) is 0 Å². The zero-order valence-corrected chi connectivity index (χ0v) is 13.3. The molecule has 3 heterocycles. The van der Waals surface area contributed by atoms with Crippen molar-refractivity contribution in [2.45, 2.75) is 25.0 Å². The first-order chi connectivity index (χ1) is 10.6. The summed E-state index contributed by atoms with van der Waals surface area (Å²) in [6.45, 7) is 0.554. The lowest BCUT2D eigenvalue weighted by atomic mass is 10.2. The van der Waals surface area contributed by atoms with Gasteiger partial charge in [-0.3, -0.25) is 9.59 Å². The van der Waals surface area contributed by atoms with E-state index in [1.54, 1.807) is 30.3 Å². The summed E-state index contributed by atoms with van der Waals surface area (Å²) in [6.07, 6.45) is 3.13. The molecule has 0 aliphatic carbocycles. The third kappa shape index (κ3) is 3.52. The molecule has 2 fully saturated rings. The molecule has 2 aliphatic heterocycles.